The van der Waals surface area contributed by atoms with Crippen LogP contribution < -0.4 is 0 Å². The van der Waals surface area contributed by atoms with Gasteiger partial charge in [-0.1, -0.05) is 0 Å². The summed E-state index contributed by atoms with van der Waals surface area (Å²) in [7, 11) is 0. The monoisotopic (exact) mass is 79.0 g/mol. The van der Waals surface area contributed by atoms with Crippen molar-refractivity contribution in [3.8, 4) is 0 Å². The van der Waals surface area contributed by atoms with Crippen LogP contribution in [0.25, 0.3) is 0 Å². The normalized spacial score (nSPS) is 14.7. The first kappa shape index (κ1) is 3.19. The highest BCUT2D eigenvalue weighted by Gasteiger charge is 1.84. The number of aliphatic imine (C=N–C) groups is 2. The van der Waals surface area contributed by atoms with E-state index in [1.807, 2.05) is 0 Å². The number of hydrogen-bond donors (Lipinski definition) is 0. The molecule has 0 bridgehead atoms. The zero-order chi connectivity index (χ0) is 4.24. The van der Waals surface area contributed by atoms with Gasteiger partial charge in [0, 0.05) is 0 Å². The van der Waals surface area contributed by atoms with Gasteiger partial charge >= 0.3 is 6.08 Å². The van der Waals surface area contributed by atoms with Crippen LogP contribution in [0.2, 0.25) is 0 Å². The molecule has 0 aliphatic carbocycles. The molecule has 2 heteroatoms. The van der Waals surface area contributed by atoms with Gasteiger partial charge in [-0.2, -0.15) is 9.98 Å². The molecule has 6 heavy (non-hydrogen) atoms. The molecule has 1 aliphatic heterocycles. The summed E-state index contributed by atoms with van der Waals surface area (Å²) in [6, 6.07) is 0. The predicted octanol–water partition coefficient (Wildman–Crippen LogP) is 0.416. The van der Waals surface area contributed by atoms with E-state index in [9.17, 15) is 0 Å². The van der Waals surface area contributed by atoms with Crippen molar-refractivity contribution in [2.45, 2.75) is 0 Å². The minimum absolute atomic E-state index is 1.47. The first-order valence-corrected chi connectivity index (χ1v) is 1.61. The quantitative estimate of drug-likeness (QED) is 0.376. The molecule has 2 nitrogen and oxygen atoms in total. The molecule has 0 fully saturated rings. The maximum absolute atomic E-state index is 3.62. The Kier molecular flexibility index (Phi) is 0.762. The van der Waals surface area contributed by atoms with Gasteiger partial charge in [0.25, 0.3) is 12.4 Å². The summed E-state index contributed by atoms with van der Waals surface area (Å²) in [5.74, 6) is 0. The fourth-order valence-corrected chi connectivity index (χ4v) is 0.225. The van der Waals surface area contributed by atoms with Crippen LogP contribution in [0.4, 0.5) is 0 Å². The Morgan fingerprint density at radius 1 is 1.33 bits per heavy atom. The van der Waals surface area contributed by atoms with Crippen molar-refractivity contribution in [1.82, 2.24) is 0 Å². The molecule has 0 saturated carbocycles. The van der Waals surface area contributed by atoms with Crippen LogP contribution in [0.3, 0.4) is 0 Å². The van der Waals surface area contributed by atoms with Gasteiger partial charge in [0.05, 0.1) is 0 Å². The Balaban J connectivity index is 2.77. The van der Waals surface area contributed by atoms with E-state index in [0.29, 0.717) is 0 Å². The molecule has 0 radical (unpaired) electrons. The molecule has 0 aromatic carbocycles. The van der Waals surface area contributed by atoms with Gasteiger partial charge in [-0.3, -0.25) is 0 Å². The fraction of sp³-hybridized carbons (Fsp3) is 0. The lowest BCUT2D eigenvalue weighted by atomic mass is 10.6. The lowest BCUT2D eigenvalue weighted by molar-refractivity contribution is 1.52. The summed E-state index contributed by atoms with van der Waals surface area (Å²) in [4.78, 5) is 7.24. The second-order valence-corrected chi connectivity index (χ2v) is 0.838. The molecule has 0 aromatic heterocycles. The molecule has 28 valence electrons. The van der Waals surface area contributed by atoms with Crippen molar-refractivity contribution in [3.63, 3.8) is 0 Å². The lowest BCUT2D eigenvalue weighted by Gasteiger charge is -1.64. The minimum atomic E-state index is 1.47. The second kappa shape index (κ2) is 1.43. The summed E-state index contributed by atoms with van der Waals surface area (Å²) < 4.78 is 0. The van der Waals surface area contributed by atoms with Crippen molar-refractivity contribution < 1.29 is 0 Å². The molecular weight excluding hydrogens is 76.1 g/mol. The van der Waals surface area contributed by atoms with Gasteiger partial charge in [0.15, 0.2) is 0 Å². The van der Waals surface area contributed by atoms with E-state index in [1.165, 1.54) is 6.34 Å². The van der Waals surface area contributed by atoms with Gasteiger partial charge < -0.3 is 0 Å². The van der Waals surface area contributed by atoms with E-state index < -0.39 is 0 Å². The highest BCUT2D eigenvalue weighted by molar-refractivity contribution is 5.79. The van der Waals surface area contributed by atoms with Crippen LogP contribution in [0.5, 0.6) is 0 Å². The van der Waals surface area contributed by atoms with Gasteiger partial charge in [-0.05, 0) is 0 Å². The van der Waals surface area contributed by atoms with E-state index >= 15 is 0 Å². The van der Waals surface area contributed by atoms with E-state index in [0.717, 1.165) is 0 Å². The first-order valence-electron chi connectivity index (χ1n) is 1.61. The van der Waals surface area contributed by atoms with E-state index in [4.69, 9.17) is 0 Å². The van der Waals surface area contributed by atoms with Crippen molar-refractivity contribution in [3.05, 3.63) is 12.3 Å². The second-order valence-electron chi connectivity index (χ2n) is 0.838. The molecule has 0 atom stereocenters. The maximum atomic E-state index is 3.62. The molecule has 0 spiro atoms. The number of allylic oxidation sites excluding steroid dienone is 1. The van der Waals surface area contributed by atoms with Crippen LogP contribution >= 0.6 is 0 Å². The fourth-order valence-electron chi connectivity index (χ4n) is 0.225. The van der Waals surface area contributed by atoms with Crippen LogP contribution in [-0.2, 0) is 0 Å². The SMILES string of the molecule is [C+]1=CN=CN=C1. The van der Waals surface area contributed by atoms with E-state index in [-0.39, 0.29) is 0 Å². The molecule has 1 aliphatic rings. The molecule has 0 aromatic rings. The Labute approximate surface area is 35.9 Å². The summed E-state index contributed by atoms with van der Waals surface area (Å²) in [6.45, 7) is 0. The molecule has 0 amide bonds. The van der Waals surface area contributed by atoms with Crippen molar-refractivity contribution >= 4 is 12.6 Å². The number of nitrogens with zero attached hydrogens (tertiary/aromatic N) is 2. The van der Waals surface area contributed by atoms with Crippen LogP contribution in [0.1, 0.15) is 0 Å². The third kappa shape index (κ3) is 0.476. The smallest absolute Gasteiger partial charge is 0.192 e. The third-order valence-corrected chi connectivity index (χ3v) is 0.431. The molecule has 0 saturated heterocycles. The minimum Gasteiger partial charge on any atom is -0.192 e. The summed E-state index contributed by atoms with van der Waals surface area (Å²) in [5.41, 5.74) is 0. The third-order valence-electron chi connectivity index (χ3n) is 0.431. The lowest BCUT2D eigenvalue weighted by Crippen LogP contribution is -1.72. The zero-order valence-electron chi connectivity index (χ0n) is 3.13. The van der Waals surface area contributed by atoms with Crippen molar-refractivity contribution in [2.75, 3.05) is 0 Å². The summed E-state index contributed by atoms with van der Waals surface area (Å²) in [5, 5.41) is 0. The predicted molar refractivity (Wildman–Crippen MR) is 24.8 cm³/mol. The van der Waals surface area contributed by atoms with E-state index in [2.05, 4.69) is 16.1 Å². The average molecular weight is 79.1 g/mol. The van der Waals surface area contributed by atoms with Crippen LogP contribution in [0.15, 0.2) is 16.2 Å². The Bertz CT molecular complexity index is 74.9. The first-order chi connectivity index (χ1) is 3.00. The van der Waals surface area contributed by atoms with Gasteiger partial charge in [-0.25, -0.2) is 0 Å². The topological polar surface area (TPSA) is 24.7 Å². The Morgan fingerprint density at radius 2 is 2.33 bits per heavy atom. The Morgan fingerprint density at radius 3 is 2.50 bits per heavy atom. The Hall–Kier alpha value is -1.01. The van der Waals surface area contributed by atoms with Gasteiger partial charge in [0.2, 0.25) is 0 Å². The average Bonchev–Trinajstić information content (AvgIpc) is 1.72. The maximum Gasteiger partial charge on any atom is 0.302 e. The highest BCUT2D eigenvalue weighted by atomic mass is 14.8. The summed E-state index contributed by atoms with van der Waals surface area (Å²) in [6.07, 6.45) is 7.26. The van der Waals surface area contributed by atoms with Crippen LogP contribution in [-0.4, -0.2) is 12.6 Å². The highest BCUT2D eigenvalue weighted by Crippen LogP contribution is 1.74. The zero-order valence-corrected chi connectivity index (χ0v) is 3.13. The standard InChI is InChI=1S/C4H3N2/c1-2-5-4-6-3-1/h2-4H/q+1. The number of rotatable bonds is 0. The number of hydrogen-bond acceptors (Lipinski definition) is 2. The van der Waals surface area contributed by atoms with E-state index in [1.54, 1.807) is 12.4 Å². The van der Waals surface area contributed by atoms with Crippen LogP contribution in [0, 0.1) is 6.08 Å². The molecule has 0 N–H and O–H groups in total. The molecule has 1 rings (SSSR count). The largest absolute Gasteiger partial charge is 0.302 e. The molecular formula is C4H3N2+. The molecule has 0 unspecified atom stereocenters. The van der Waals surface area contributed by atoms with Crippen molar-refractivity contribution in [1.29, 1.82) is 0 Å². The molecule has 1 heterocycles. The van der Waals surface area contributed by atoms with Gasteiger partial charge in [-0.15, -0.1) is 0 Å². The summed E-state index contributed by atoms with van der Waals surface area (Å²) >= 11 is 0. The van der Waals surface area contributed by atoms with Gasteiger partial charge in [0.1, 0.15) is 6.34 Å². The van der Waals surface area contributed by atoms with Crippen molar-refractivity contribution in [2.24, 2.45) is 9.98 Å².